The van der Waals surface area contributed by atoms with Crippen molar-refractivity contribution in [3.63, 3.8) is 0 Å². The molecule has 2 aromatic rings. The van der Waals surface area contributed by atoms with Crippen molar-refractivity contribution in [2.45, 2.75) is 25.6 Å². The van der Waals surface area contributed by atoms with Gasteiger partial charge in [0, 0.05) is 6.54 Å². The third-order valence-electron chi connectivity index (χ3n) is 4.33. The molecule has 1 amide bonds. The average Bonchev–Trinajstić information content (AvgIpc) is 3.18. The summed E-state index contributed by atoms with van der Waals surface area (Å²) >= 11 is 0. The number of likely N-dealkylation sites (tertiary alicyclic amines) is 1. The van der Waals surface area contributed by atoms with E-state index in [-0.39, 0.29) is 6.54 Å². The lowest BCUT2D eigenvalue weighted by atomic mass is 9.96. The lowest BCUT2D eigenvalue weighted by Crippen LogP contribution is -2.30. The van der Waals surface area contributed by atoms with Crippen molar-refractivity contribution in [1.29, 1.82) is 0 Å². The third kappa shape index (κ3) is 2.80. The van der Waals surface area contributed by atoms with Crippen LogP contribution in [-0.2, 0) is 20.9 Å². The number of benzene rings is 1. The summed E-state index contributed by atoms with van der Waals surface area (Å²) in [5.74, 6) is -1.71. The van der Waals surface area contributed by atoms with Gasteiger partial charge in [-0.3, -0.25) is 9.59 Å². The lowest BCUT2D eigenvalue weighted by Gasteiger charge is -2.25. The van der Waals surface area contributed by atoms with E-state index in [1.807, 2.05) is 31.2 Å². The average molecular weight is 329 g/mol. The molecule has 126 valence electrons. The minimum atomic E-state index is -1.45. The van der Waals surface area contributed by atoms with Crippen LogP contribution in [0, 0.1) is 12.8 Å². The minimum Gasteiger partial charge on any atom is -0.469 e. The van der Waals surface area contributed by atoms with Crippen molar-refractivity contribution in [3.8, 4) is 0 Å². The van der Waals surface area contributed by atoms with Crippen molar-refractivity contribution in [3.05, 3.63) is 59.5 Å². The predicted molar refractivity (Wildman–Crippen MR) is 84.7 cm³/mol. The lowest BCUT2D eigenvalue weighted by molar-refractivity contribution is -0.150. The molecule has 0 saturated carbocycles. The first-order valence-electron chi connectivity index (χ1n) is 7.68. The molecule has 0 unspecified atom stereocenters. The molecule has 1 N–H and O–H groups in total. The zero-order valence-corrected chi connectivity index (χ0v) is 13.5. The first-order chi connectivity index (χ1) is 11.5. The Kier molecular flexibility index (Phi) is 4.40. The van der Waals surface area contributed by atoms with E-state index in [4.69, 9.17) is 9.15 Å². The Balaban J connectivity index is 1.97. The van der Waals surface area contributed by atoms with Crippen LogP contribution in [0.15, 0.2) is 47.1 Å². The molecule has 0 aliphatic carbocycles. The quantitative estimate of drug-likeness (QED) is 0.866. The van der Waals surface area contributed by atoms with Crippen molar-refractivity contribution in [2.24, 2.45) is 5.92 Å². The van der Waals surface area contributed by atoms with Gasteiger partial charge in [0.2, 0.25) is 0 Å². The van der Waals surface area contributed by atoms with Gasteiger partial charge in [-0.05, 0) is 24.6 Å². The molecule has 1 aliphatic heterocycles. The van der Waals surface area contributed by atoms with E-state index in [0.29, 0.717) is 5.76 Å². The van der Waals surface area contributed by atoms with E-state index in [1.165, 1.54) is 18.3 Å². The maximum atomic E-state index is 12.5. The van der Waals surface area contributed by atoms with Gasteiger partial charge in [0.15, 0.2) is 0 Å². The number of carbonyl (C=O) groups is 2. The molecule has 2 heterocycles. The Morgan fingerprint density at radius 3 is 2.58 bits per heavy atom. The van der Waals surface area contributed by atoms with Crippen LogP contribution >= 0.6 is 0 Å². The maximum Gasteiger partial charge on any atom is 0.314 e. The number of hydrogen-bond donors (Lipinski definition) is 1. The van der Waals surface area contributed by atoms with E-state index in [9.17, 15) is 14.7 Å². The highest BCUT2D eigenvalue weighted by Crippen LogP contribution is 2.40. The highest BCUT2D eigenvalue weighted by Gasteiger charge is 2.53. The minimum absolute atomic E-state index is 0.273. The Bertz CT molecular complexity index is 722. The monoisotopic (exact) mass is 329 g/mol. The number of furan rings is 1. The number of rotatable bonds is 4. The van der Waals surface area contributed by atoms with Crippen LogP contribution in [-0.4, -0.2) is 35.1 Å². The summed E-state index contributed by atoms with van der Waals surface area (Å²) in [5.41, 5.74) is 2.02. The van der Waals surface area contributed by atoms with Gasteiger partial charge < -0.3 is 19.2 Å². The number of amides is 1. The third-order valence-corrected chi connectivity index (χ3v) is 4.33. The topological polar surface area (TPSA) is 80.0 Å². The molecule has 3 rings (SSSR count). The summed E-state index contributed by atoms with van der Waals surface area (Å²) in [4.78, 5) is 26.1. The molecular formula is C18H19NO5. The first kappa shape index (κ1) is 16.3. The summed E-state index contributed by atoms with van der Waals surface area (Å²) in [5, 5.41) is 10.3. The SMILES string of the molecule is COC(=O)[C@@H]1[C@H](O)C(=O)N(Cc2ccc(C)cc2)[C@H]1c1ccco1. The fourth-order valence-corrected chi connectivity index (χ4v) is 3.08. The molecular weight excluding hydrogens is 310 g/mol. The van der Waals surface area contributed by atoms with Crippen molar-refractivity contribution in [2.75, 3.05) is 7.11 Å². The Morgan fingerprint density at radius 1 is 1.29 bits per heavy atom. The van der Waals surface area contributed by atoms with Crippen LogP contribution in [0.3, 0.4) is 0 Å². The molecule has 1 aliphatic rings. The second-order valence-electron chi connectivity index (χ2n) is 5.91. The number of esters is 1. The number of methoxy groups -OCH3 is 1. The normalized spacial score (nSPS) is 23.5. The zero-order valence-electron chi connectivity index (χ0n) is 13.5. The molecule has 1 aromatic carbocycles. The van der Waals surface area contributed by atoms with Crippen molar-refractivity contribution in [1.82, 2.24) is 4.90 Å². The van der Waals surface area contributed by atoms with E-state index in [0.717, 1.165) is 11.1 Å². The number of aryl methyl sites for hydroxylation is 1. The Morgan fingerprint density at radius 2 is 2.00 bits per heavy atom. The highest BCUT2D eigenvalue weighted by atomic mass is 16.5. The maximum absolute atomic E-state index is 12.5. The second kappa shape index (κ2) is 6.49. The fourth-order valence-electron chi connectivity index (χ4n) is 3.08. The van der Waals surface area contributed by atoms with Gasteiger partial charge in [-0.15, -0.1) is 0 Å². The molecule has 1 aromatic heterocycles. The summed E-state index contributed by atoms with van der Waals surface area (Å²) in [6.45, 7) is 2.25. The largest absolute Gasteiger partial charge is 0.469 e. The van der Waals surface area contributed by atoms with Gasteiger partial charge in [0.05, 0.1) is 13.4 Å². The van der Waals surface area contributed by atoms with Crippen LogP contribution < -0.4 is 0 Å². The van der Waals surface area contributed by atoms with Crippen LogP contribution in [0.2, 0.25) is 0 Å². The summed E-state index contributed by atoms with van der Waals surface area (Å²) < 4.78 is 10.2. The second-order valence-corrected chi connectivity index (χ2v) is 5.91. The number of aliphatic hydroxyl groups is 1. The Hall–Kier alpha value is -2.60. The zero-order chi connectivity index (χ0) is 17.3. The molecule has 24 heavy (non-hydrogen) atoms. The highest BCUT2D eigenvalue weighted by molar-refractivity contribution is 5.91. The van der Waals surface area contributed by atoms with Gasteiger partial charge in [0.25, 0.3) is 5.91 Å². The fraction of sp³-hybridized carbons (Fsp3) is 0.333. The van der Waals surface area contributed by atoms with Crippen LogP contribution in [0.5, 0.6) is 0 Å². The number of hydrogen-bond acceptors (Lipinski definition) is 5. The van der Waals surface area contributed by atoms with E-state index < -0.39 is 29.9 Å². The standard InChI is InChI=1S/C18H19NO5/c1-11-5-7-12(8-6-11)10-19-15(13-4-3-9-24-13)14(18(22)23-2)16(20)17(19)21/h3-9,14-16,20H,10H2,1-2H3/t14-,15-,16-/m0/s1. The molecule has 1 fully saturated rings. The molecule has 6 heteroatoms. The van der Waals surface area contributed by atoms with E-state index >= 15 is 0 Å². The molecule has 0 radical (unpaired) electrons. The first-order valence-corrected chi connectivity index (χ1v) is 7.68. The number of carbonyl (C=O) groups excluding carboxylic acids is 2. The molecule has 1 saturated heterocycles. The van der Waals surface area contributed by atoms with Gasteiger partial charge in [-0.1, -0.05) is 29.8 Å². The summed E-state index contributed by atoms with van der Waals surface area (Å²) in [7, 11) is 1.24. The number of aliphatic hydroxyl groups excluding tert-OH is 1. The summed E-state index contributed by atoms with van der Waals surface area (Å²) in [6, 6.07) is 10.4. The molecule has 3 atom stereocenters. The van der Waals surface area contributed by atoms with Crippen LogP contribution in [0.25, 0.3) is 0 Å². The van der Waals surface area contributed by atoms with Crippen LogP contribution in [0.1, 0.15) is 22.9 Å². The van der Waals surface area contributed by atoms with E-state index in [1.54, 1.807) is 12.1 Å². The van der Waals surface area contributed by atoms with E-state index in [2.05, 4.69) is 0 Å². The molecule has 6 nitrogen and oxygen atoms in total. The molecule has 0 spiro atoms. The summed E-state index contributed by atoms with van der Waals surface area (Å²) in [6.07, 6.45) is 0.0288. The molecule has 0 bridgehead atoms. The van der Waals surface area contributed by atoms with Crippen molar-refractivity contribution >= 4 is 11.9 Å². The van der Waals surface area contributed by atoms with Gasteiger partial charge in [-0.25, -0.2) is 0 Å². The van der Waals surface area contributed by atoms with Crippen LogP contribution in [0.4, 0.5) is 0 Å². The van der Waals surface area contributed by atoms with Gasteiger partial charge >= 0.3 is 5.97 Å². The number of ether oxygens (including phenoxy) is 1. The van der Waals surface area contributed by atoms with Gasteiger partial charge in [-0.2, -0.15) is 0 Å². The van der Waals surface area contributed by atoms with Gasteiger partial charge in [0.1, 0.15) is 23.8 Å². The van der Waals surface area contributed by atoms with Crippen molar-refractivity contribution < 1.29 is 23.8 Å². The predicted octanol–water partition coefficient (Wildman–Crippen LogP) is 1.82. The smallest absolute Gasteiger partial charge is 0.314 e. The Labute approximate surface area is 139 Å². The number of nitrogens with zero attached hydrogens (tertiary/aromatic N) is 1.